The van der Waals surface area contributed by atoms with Crippen molar-refractivity contribution in [3.8, 4) is 5.75 Å². The minimum atomic E-state index is -0.0846. The molecule has 1 saturated heterocycles. The van der Waals surface area contributed by atoms with Gasteiger partial charge in [-0.15, -0.1) is 11.6 Å². The number of alkyl halides is 1. The van der Waals surface area contributed by atoms with Crippen molar-refractivity contribution >= 4 is 11.6 Å². The van der Waals surface area contributed by atoms with Crippen LogP contribution in [0.4, 0.5) is 0 Å². The summed E-state index contributed by atoms with van der Waals surface area (Å²) in [7, 11) is 0. The average Bonchev–Trinajstić information content (AvgIpc) is 2.78. The average molecular weight is 309 g/mol. The van der Waals surface area contributed by atoms with Crippen molar-refractivity contribution < 1.29 is 9.47 Å². The number of rotatable bonds is 4. The van der Waals surface area contributed by atoms with Crippen LogP contribution in [0.3, 0.4) is 0 Å². The highest BCUT2D eigenvalue weighted by Crippen LogP contribution is 2.38. The molecule has 0 amide bonds. The lowest BCUT2D eigenvalue weighted by Crippen LogP contribution is -2.24. The van der Waals surface area contributed by atoms with E-state index in [1.54, 1.807) is 0 Å². The van der Waals surface area contributed by atoms with Crippen molar-refractivity contribution in [2.45, 2.75) is 69.5 Å². The molecule has 116 valence electrons. The van der Waals surface area contributed by atoms with Crippen LogP contribution in [0.1, 0.15) is 62.5 Å². The molecule has 0 bridgehead atoms. The molecule has 21 heavy (non-hydrogen) atoms. The third kappa shape index (κ3) is 3.73. The molecule has 2 aliphatic rings. The fourth-order valence-electron chi connectivity index (χ4n) is 3.36. The van der Waals surface area contributed by atoms with Gasteiger partial charge in [-0.05, 0) is 63.1 Å². The van der Waals surface area contributed by atoms with Gasteiger partial charge in [0.05, 0.1) is 11.5 Å². The first-order valence-corrected chi connectivity index (χ1v) is 8.55. The molecule has 0 saturated carbocycles. The number of hydrogen-bond donors (Lipinski definition) is 0. The monoisotopic (exact) mass is 308 g/mol. The van der Waals surface area contributed by atoms with Crippen molar-refractivity contribution in [3.05, 3.63) is 29.3 Å². The number of ether oxygens (including phenoxy) is 2. The molecule has 2 nitrogen and oxygen atoms in total. The zero-order valence-electron chi connectivity index (χ0n) is 13.0. The molecule has 2 atom stereocenters. The third-order valence-electron chi connectivity index (χ3n) is 4.46. The molecule has 0 aromatic heterocycles. The first-order chi connectivity index (χ1) is 10.0. The molecule has 3 rings (SSSR count). The number of hydrogen-bond acceptors (Lipinski definition) is 2. The maximum atomic E-state index is 6.60. The normalized spacial score (nSPS) is 25.2. The van der Waals surface area contributed by atoms with E-state index in [0.29, 0.717) is 6.10 Å². The van der Waals surface area contributed by atoms with Gasteiger partial charge in [0.1, 0.15) is 11.4 Å². The Morgan fingerprint density at radius 3 is 2.95 bits per heavy atom. The molecule has 1 aromatic carbocycles. The predicted octanol–water partition coefficient (Wildman–Crippen LogP) is 5.03. The molecule has 2 heterocycles. The van der Waals surface area contributed by atoms with Gasteiger partial charge in [-0.3, -0.25) is 0 Å². The van der Waals surface area contributed by atoms with Crippen molar-refractivity contribution in [2.24, 2.45) is 0 Å². The van der Waals surface area contributed by atoms with Crippen LogP contribution in [0.25, 0.3) is 0 Å². The van der Waals surface area contributed by atoms with Crippen molar-refractivity contribution in [3.63, 3.8) is 0 Å². The summed E-state index contributed by atoms with van der Waals surface area (Å²) in [6.07, 6.45) is 7.12. The molecule has 0 radical (unpaired) electrons. The highest BCUT2D eigenvalue weighted by molar-refractivity contribution is 6.20. The Morgan fingerprint density at radius 1 is 1.33 bits per heavy atom. The summed E-state index contributed by atoms with van der Waals surface area (Å²) in [5.41, 5.74) is 2.42. The molecular formula is C18H25ClO2. The Kier molecular flexibility index (Phi) is 4.46. The lowest BCUT2D eigenvalue weighted by atomic mass is 9.97. The van der Waals surface area contributed by atoms with E-state index in [0.717, 1.165) is 31.6 Å². The highest BCUT2D eigenvalue weighted by Gasteiger charge is 2.30. The Balaban J connectivity index is 1.59. The molecule has 0 aliphatic carbocycles. The Morgan fingerprint density at radius 2 is 2.19 bits per heavy atom. The van der Waals surface area contributed by atoms with Gasteiger partial charge in [0.25, 0.3) is 0 Å². The lowest BCUT2D eigenvalue weighted by molar-refractivity contribution is 0.0100. The van der Waals surface area contributed by atoms with Gasteiger partial charge in [0, 0.05) is 13.0 Å². The third-order valence-corrected chi connectivity index (χ3v) is 4.93. The SMILES string of the molecule is CC1(C)Cc2cc(C(Cl)CCC3CCCCO3)ccc2O1. The summed E-state index contributed by atoms with van der Waals surface area (Å²) < 4.78 is 11.7. The molecule has 0 N–H and O–H groups in total. The maximum absolute atomic E-state index is 6.60. The minimum Gasteiger partial charge on any atom is -0.487 e. The number of benzene rings is 1. The quantitative estimate of drug-likeness (QED) is 0.726. The van der Waals surface area contributed by atoms with Gasteiger partial charge < -0.3 is 9.47 Å². The molecule has 1 aromatic rings. The van der Waals surface area contributed by atoms with Crippen molar-refractivity contribution in [1.82, 2.24) is 0 Å². The van der Waals surface area contributed by atoms with Gasteiger partial charge in [-0.2, -0.15) is 0 Å². The van der Waals surface area contributed by atoms with E-state index >= 15 is 0 Å². The second-order valence-corrected chi connectivity index (χ2v) is 7.47. The van der Waals surface area contributed by atoms with E-state index in [9.17, 15) is 0 Å². The van der Waals surface area contributed by atoms with Gasteiger partial charge >= 0.3 is 0 Å². The molecule has 3 heteroatoms. The molecular weight excluding hydrogens is 284 g/mol. The van der Waals surface area contributed by atoms with E-state index < -0.39 is 0 Å². The van der Waals surface area contributed by atoms with E-state index in [2.05, 4.69) is 32.0 Å². The van der Waals surface area contributed by atoms with E-state index in [4.69, 9.17) is 21.1 Å². The smallest absolute Gasteiger partial charge is 0.123 e. The van der Waals surface area contributed by atoms with Crippen LogP contribution in [-0.2, 0) is 11.2 Å². The summed E-state index contributed by atoms with van der Waals surface area (Å²) in [6, 6.07) is 6.41. The van der Waals surface area contributed by atoms with Crippen LogP contribution in [0, 0.1) is 0 Å². The van der Waals surface area contributed by atoms with Crippen LogP contribution in [0.15, 0.2) is 18.2 Å². The zero-order chi connectivity index (χ0) is 14.9. The second-order valence-electron chi connectivity index (χ2n) is 6.94. The fourth-order valence-corrected chi connectivity index (χ4v) is 3.62. The summed E-state index contributed by atoms with van der Waals surface area (Å²) in [5, 5.41) is 0.0736. The lowest BCUT2D eigenvalue weighted by Gasteiger charge is -2.23. The highest BCUT2D eigenvalue weighted by atomic mass is 35.5. The molecule has 2 aliphatic heterocycles. The largest absolute Gasteiger partial charge is 0.487 e. The molecule has 2 unspecified atom stereocenters. The van der Waals surface area contributed by atoms with Gasteiger partial charge in [0.2, 0.25) is 0 Å². The Bertz CT molecular complexity index is 492. The summed E-state index contributed by atoms with van der Waals surface area (Å²) in [4.78, 5) is 0. The van der Waals surface area contributed by atoms with Crippen LogP contribution >= 0.6 is 11.6 Å². The maximum Gasteiger partial charge on any atom is 0.123 e. The Labute approximate surface area is 132 Å². The molecule has 1 fully saturated rings. The van der Waals surface area contributed by atoms with Gasteiger partial charge in [-0.25, -0.2) is 0 Å². The van der Waals surface area contributed by atoms with Crippen LogP contribution in [0.5, 0.6) is 5.75 Å². The topological polar surface area (TPSA) is 18.5 Å². The first kappa shape index (κ1) is 15.2. The standard InChI is InChI=1S/C18H25ClO2/c1-18(2)12-14-11-13(6-9-17(14)21-18)16(19)8-7-15-5-3-4-10-20-15/h6,9,11,15-16H,3-5,7-8,10,12H2,1-2H3. The summed E-state index contributed by atoms with van der Waals surface area (Å²) >= 11 is 6.60. The minimum absolute atomic E-state index is 0.0736. The second kappa shape index (κ2) is 6.18. The zero-order valence-corrected chi connectivity index (χ0v) is 13.8. The van der Waals surface area contributed by atoms with Crippen LogP contribution < -0.4 is 4.74 Å². The van der Waals surface area contributed by atoms with E-state index in [1.807, 2.05) is 0 Å². The predicted molar refractivity (Wildman–Crippen MR) is 86.3 cm³/mol. The number of halogens is 1. The molecule has 0 spiro atoms. The van der Waals surface area contributed by atoms with Gasteiger partial charge in [0.15, 0.2) is 0 Å². The van der Waals surface area contributed by atoms with Crippen LogP contribution in [-0.4, -0.2) is 18.3 Å². The fraction of sp³-hybridized carbons (Fsp3) is 0.667. The summed E-state index contributed by atoms with van der Waals surface area (Å²) in [6.45, 7) is 5.18. The first-order valence-electron chi connectivity index (χ1n) is 8.11. The van der Waals surface area contributed by atoms with Gasteiger partial charge in [-0.1, -0.05) is 12.1 Å². The Hall–Kier alpha value is -0.730. The van der Waals surface area contributed by atoms with Crippen LogP contribution in [0.2, 0.25) is 0 Å². The van der Waals surface area contributed by atoms with Crippen molar-refractivity contribution in [2.75, 3.05) is 6.61 Å². The van der Waals surface area contributed by atoms with E-state index in [1.165, 1.54) is 30.4 Å². The number of fused-ring (bicyclic) bond motifs is 1. The van der Waals surface area contributed by atoms with Crippen molar-refractivity contribution in [1.29, 1.82) is 0 Å². The van der Waals surface area contributed by atoms with E-state index in [-0.39, 0.29) is 11.0 Å². The summed E-state index contributed by atoms with van der Waals surface area (Å²) in [5.74, 6) is 1.02.